The molecule has 2 aliphatic heterocycles. The Bertz CT molecular complexity index is 640. The Morgan fingerprint density at radius 1 is 1.15 bits per heavy atom. The molecule has 1 amide bonds. The molecule has 0 aromatic carbocycles. The second-order valence-electron chi connectivity index (χ2n) is 8.31. The minimum absolute atomic E-state index is 0.121. The normalized spacial score (nSPS) is 28.2. The van der Waals surface area contributed by atoms with E-state index >= 15 is 0 Å². The van der Waals surface area contributed by atoms with Crippen LogP contribution in [0.5, 0.6) is 0 Å². The predicted octanol–water partition coefficient (Wildman–Crippen LogP) is 1.37. The van der Waals surface area contributed by atoms with E-state index in [9.17, 15) is 9.90 Å². The van der Waals surface area contributed by atoms with E-state index in [0.717, 1.165) is 37.7 Å². The van der Waals surface area contributed by atoms with E-state index in [0.29, 0.717) is 31.2 Å². The van der Waals surface area contributed by atoms with Gasteiger partial charge >= 0.3 is 0 Å². The molecule has 1 aromatic heterocycles. The number of likely N-dealkylation sites (N-methyl/N-ethyl adjacent to an activating group) is 1. The van der Waals surface area contributed by atoms with Crippen molar-refractivity contribution in [2.45, 2.75) is 70.1 Å². The summed E-state index contributed by atoms with van der Waals surface area (Å²) in [6, 6.07) is 0.121. The molecule has 0 bridgehead atoms. The number of hydrogen-bond donors (Lipinski definition) is 1. The lowest BCUT2D eigenvalue weighted by atomic mass is 9.86. The molecule has 3 heterocycles. The maximum absolute atomic E-state index is 12.8. The highest BCUT2D eigenvalue weighted by atomic mass is 16.3. The molecule has 1 N–H and O–H groups in total. The van der Waals surface area contributed by atoms with E-state index in [1.54, 1.807) is 0 Å². The third kappa shape index (κ3) is 3.64. The molecule has 7 heteroatoms. The van der Waals surface area contributed by atoms with Crippen LogP contribution >= 0.6 is 0 Å². The molecule has 1 aromatic rings. The highest BCUT2D eigenvalue weighted by Crippen LogP contribution is 2.31. The fourth-order valence-electron chi connectivity index (χ4n) is 4.88. The number of carbonyl (C=O) groups excluding carboxylic acids is 1. The van der Waals surface area contributed by atoms with Gasteiger partial charge in [-0.2, -0.15) is 0 Å². The quantitative estimate of drug-likeness (QED) is 0.880. The van der Waals surface area contributed by atoms with Gasteiger partial charge in [0.1, 0.15) is 5.82 Å². The number of hydrogen-bond acceptors (Lipinski definition) is 5. The largest absolute Gasteiger partial charge is 0.392 e. The predicted molar refractivity (Wildman–Crippen MR) is 97.5 cm³/mol. The zero-order valence-corrected chi connectivity index (χ0v) is 15.8. The van der Waals surface area contributed by atoms with Crippen LogP contribution in [0, 0.1) is 5.92 Å². The number of aliphatic hydroxyl groups excluding tert-OH is 1. The second-order valence-corrected chi connectivity index (χ2v) is 8.31. The number of nitrogens with zero attached hydrogens (tertiary/aromatic N) is 5. The van der Waals surface area contributed by atoms with Crippen LogP contribution in [0.2, 0.25) is 0 Å². The van der Waals surface area contributed by atoms with Crippen molar-refractivity contribution in [2.24, 2.45) is 5.92 Å². The number of carbonyl (C=O) groups is 1. The van der Waals surface area contributed by atoms with Gasteiger partial charge in [0.05, 0.1) is 12.1 Å². The number of aromatic nitrogens is 3. The van der Waals surface area contributed by atoms with Gasteiger partial charge in [-0.1, -0.05) is 19.3 Å². The molecule has 7 nitrogen and oxygen atoms in total. The third-order valence-corrected chi connectivity index (χ3v) is 6.42. The molecule has 144 valence electrons. The maximum Gasteiger partial charge on any atom is 0.222 e. The monoisotopic (exact) mass is 361 g/mol. The molecule has 2 fully saturated rings. The molecule has 2 atom stereocenters. The van der Waals surface area contributed by atoms with Gasteiger partial charge in [0.25, 0.3) is 0 Å². The van der Waals surface area contributed by atoms with Gasteiger partial charge in [-0.25, -0.2) is 0 Å². The Balaban J connectivity index is 1.40. The highest BCUT2D eigenvalue weighted by molar-refractivity contribution is 5.76. The maximum atomic E-state index is 12.8. The first-order valence-electron chi connectivity index (χ1n) is 10.2. The summed E-state index contributed by atoms with van der Waals surface area (Å²) in [6.45, 7) is 2.92. The smallest absolute Gasteiger partial charge is 0.222 e. The Morgan fingerprint density at radius 2 is 1.96 bits per heavy atom. The number of likely N-dealkylation sites (tertiary alicyclic amines) is 1. The lowest BCUT2D eigenvalue weighted by Crippen LogP contribution is -2.35. The molecular formula is C19H31N5O2. The molecule has 0 radical (unpaired) electrons. The SMILES string of the molecule is CN1C[C@H](O)C[C@H]1c1nnc2n1CCN(C(=O)CC1CCCCC1)CC2. The molecular weight excluding hydrogens is 330 g/mol. The Morgan fingerprint density at radius 3 is 2.69 bits per heavy atom. The summed E-state index contributed by atoms with van der Waals surface area (Å²) in [5, 5.41) is 18.8. The number of β-amino-alcohol motifs (C(OH)–C–C–N with tert-alkyl or cyclic N) is 1. The van der Waals surface area contributed by atoms with Crippen molar-refractivity contribution in [3.8, 4) is 0 Å². The highest BCUT2D eigenvalue weighted by Gasteiger charge is 2.34. The van der Waals surface area contributed by atoms with Gasteiger partial charge in [0.15, 0.2) is 5.82 Å². The molecule has 3 aliphatic rings. The van der Waals surface area contributed by atoms with Crippen LogP contribution in [-0.4, -0.2) is 68.4 Å². The van der Waals surface area contributed by atoms with E-state index in [-0.39, 0.29) is 12.1 Å². The zero-order valence-electron chi connectivity index (χ0n) is 15.8. The first-order chi connectivity index (χ1) is 12.6. The van der Waals surface area contributed by atoms with Crippen LogP contribution in [-0.2, 0) is 17.8 Å². The molecule has 26 heavy (non-hydrogen) atoms. The first kappa shape index (κ1) is 17.9. The first-order valence-corrected chi connectivity index (χ1v) is 10.2. The summed E-state index contributed by atoms with van der Waals surface area (Å²) in [5.41, 5.74) is 0. The van der Waals surface area contributed by atoms with E-state index in [2.05, 4.69) is 19.7 Å². The fraction of sp³-hybridized carbons (Fsp3) is 0.842. The minimum atomic E-state index is -0.294. The van der Waals surface area contributed by atoms with E-state index in [1.165, 1.54) is 32.1 Å². The van der Waals surface area contributed by atoms with Crippen LogP contribution in [0.25, 0.3) is 0 Å². The Labute approximate surface area is 155 Å². The summed E-state index contributed by atoms with van der Waals surface area (Å²) in [7, 11) is 2.03. The molecule has 0 unspecified atom stereocenters. The van der Waals surface area contributed by atoms with Crippen LogP contribution in [0.1, 0.15) is 62.6 Å². The molecule has 1 saturated carbocycles. The van der Waals surface area contributed by atoms with Gasteiger partial charge in [-0.05, 0) is 32.2 Å². The lowest BCUT2D eigenvalue weighted by molar-refractivity contribution is -0.132. The summed E-state index contributed by atoms with van der Waals surface area (Å²) in [5.74, 6) is 2.82. The second kappa shape index (κ2) is 7.64. The lowest BCUT2D eigenvalue weighted by Gasteiger charge is -2.26. The number of amides is 1. The molecule has 1 saturated heterocycles. The van der Waals surface area contributed by atoms with E-state index < -0.39 is 0 Å². The molecule has 1 aliphatic carbocycles. The Hall–Kier alpha value is -1.47. The standard InChI is InChI=1S/C19H31N5O2/c1-22-13-15(25)12-16(22)19-21-20-17-7-8-23(9-10-24(17)19)18(26)11-14-5-3-2-4-6-14/h14-16,25H,2-13H2,1H3/t15-,16+/m1/s1. The number of rotatable bonds is 3. The van der Waals surface area contributed by atoms with Crippen molar-refractivity contribution in [3.05, 3.63) is 11.6 Å². The average Bonchev–Trinajstić information content (AvgIpc) is 3.10. The molecule has 0 spiro atoms. The topological polar surface area (TPSA) is 74.5 Å². The third-order valence-electron chi connectivity index (χ3n) is 6.42. The number of aliphatic hydroxyl groups is 1. The van der Waals surface area contributed by atoms with Crippen LogP contribution in [0.4, 0.5) is 0 Å². The average molecular weight is 361 g/mol. The summed E-state index contributed by atoms with van der Waals surface area (Å²) in [6.07, 6.45) is 8.21. The fourth-order valence-corrected chi connectivity index (χ4v) is 4.88. The molecule has 4 rings (SSSR count). The van der Waals surface area contributed by atoms with Gasteiger partial charge in [-0.15, -0.1) is 10.2 Å². The van der Waals surface area contributed by atoms with Gasteiger partial charge < -0.3 is 14.6 Å². The van der Waals surface area contributed by atoms with Crippen molar-refractivity contribution in [1.82, 2.24) is 24.6 Å². The van der Waals surface area contributed by atoms with E-state index in [4.69, 9.17) is 0 Å². The van der Waals surface area contributed by atoms with E-state index in [1.807, 2.05) is 11.9 Å². The number of fused-ring (bicyclic) bond motifs is 1. The van der Waals surface area contributed by atoms with Crippen molar-refractivity contribution in [2.75, 3.05) is 26.7 Å². The minimum Gasteiger partial charge on any atom is -0.392 e. The summed E-state index contributed by atoms with van der Waals surface area (Å²) >= 11 is 0. The Kier molecular flexibility index (Phi) is 5.27. The van der Waals surface area contributed by atoms with Gasteiger partial charge in [-0.3, -0.25) is 9.69 Å². The summed E-state index contributed by atoms with van der Waals surface area (Å²) in [4.78, 5) is 16.9. The van der Waals surface area contributed by atoms with Gasteiger partial charge in [0.2, 0.25) is 5.91 Å². The van der Waals surface area contributed by atoms with Crippen molar-refractivity contribution in [1.29, 1.82) is 0 Å². The van der Waals surface area contributed by atoms with Crippen molar-refractivity contribution >= 4 is 5.91 Å². The van der Waals surface area contributed by atoms with Crippen LogP contribution in [0.15, 0.2) is 0 Å². The summed E-state index contributed by atoms with van der Waals surface area (Å²) < 4.78 is 2.19. The van der Waals surface area contributed by atoms with Gasteiger partial charge in [0, 0.05) is 39.0 Å². The van der Waals surface area contributed by atoms with Crippen LogP contribution in [0.3, 0.4) is 0 Å². The zero-order chi connectivity index (χ0) is 18.1. The van der Waals surface area contributed by atoms with Crippen LogP contribution < -0.4 is 0 Å². The van der Waals surface area contributed by atoms with Crippen molar-refractivity contribution in [3.63, 3.8) is 0 Å². The van der Waals surface area contributed by atoms with Crippen molar-refractivity contribution < 1.29 is 9.90 Å².